The van der Waals surface area contributed by atoms with E-state index in [1.807, 2.05) is 13.0 Å². The third-order valence-corrected chi connectivity index (χ3v) is 2.84. The summed E-state index contributed by atoms with van der Waals surface area (Å²) < 4.78 is 13.7. The van der Waals surface area contributed by atoms with Gasteiger partial charge in [-0.15, -0.1) is 11.3 Å². The van der Waals surface area contributed by atoms with Crippen LogP contribution in [0.2, 0.25) is 0 Å². The Balaban J connectivity index is 2.82. The Kier molecular flexibility index (Phi) is 1.78. The molecule has 0 fully saturated rings. The van der Waals surface area contributed by atoms with Gasteiger partial charge in [0, 0.05) is 4.70 Å². The Hall–Kier alpha value is -1.40. The fourth-order valence-corrected chi connectivity index (χ4v) is 2.10. The van der Waals surface area contributed by atoms with Gasteiger partial charge in [0.05, 0.1) is 11.6 Å². The molecule has 0 atom stereocenters. The summed E-state index contributed by atoms with van der Waals surface area (Å²) in [6, 6.07) is 7.15. The zero-order chi connectivity index (χ0) is 9.42. The van der Waals surface area contributed by atoms with Gasteiger partial charge in [-0.3, -0.25) is 0 Å². The predicted octanol–water partition coefficient (Wildman–Crippen LogP) is 3.22. The van der Waals surface area contributed by atoms with E-state index in [4.69, 9.17) is 5.26 Å². The maximum Gasteiger partial charge on any atom is 0.177 e. The van der Waals surface area contributed by atoms with Crippen molar-refractivity contribution in [2.45, 2.75) is 6.92 Å². The molecule has 0 saturated carbocycles. The number of hydrogen-bond donors (Lipinski definition) is 0. The number of hydrogen-bond acceptors (Lipinski definition) is 2. The number of fused-ring (bicyclic) bond motifs is 1. The summed E-state index contributed by atoms with van der Waals surface area (Å²) in [4.78, 5) is 0. The van der Waals surface area contributed by atoms with Gasteiger partial charge in [-0.2, -0.15) is 9.65 Å². The van der Waals surface area contributed by atoms with E-state index in [1.165, 1.54) is 6.07 Å². The van der Waals surface area contributed by atoms with E-state index >= 15 is 0 Å². The summed E-state index contributed by atoms with van der Waals surface area (Å²) in [5.74, 6) is 0. The lowest BCUT2D eigenvalue weighted by atomic mass is 10.1. The first kappa shape index (κ1) is 8.21. The van der Waals surface area contributed by atoms with Gasteiger partial charge in [-0.1, -0.05) is 0 Å². The normalized spacial score (nSPS) is 10.2. The van der Waals surface area contributed by atoms with E-state index < -0.39 is 0 Å². The summed E-state index contributed by atoms with van der Waals surface area (Å²) in [6.45, 7) is 1.85. The Labute approximate surface area is 79.0 Å². The highest BCUT2D eigenvalue weighted by atomic mass is 32.1. The van der Waals surface area contributed by atoms with Crippen molar-refractivity contribution in [1.29, 1.82) is 5.26 Å². The topological polar surface area (TPSA) is 23.8 Å². The maximum absolute atomic E-state index is 12.8. The van der Waals surface area contributed by atoms with Crippen LogP contribution in [0.1, 0.15) is 11.1 Å². The van der Waals surface area contributed by atoms with Crippen LogP contribution in [0, 0.1) is 23.4 Å². The van der Waals surface area contributed by atoms with Crippen molar-refractivity contribution in [1.82, 2.24) is 0 Å². The SMILES string of the molecule is Cc1cc2cc(F)sc2cc1C#N. The molecule has 13 heavy (non-hydrogen) atoms. The van der Waals surface area contributed by atoms with Crippen LogP contribution >= 0.6 is 11.3 Å². The number of nitrogens with zero attached hydrogens (tertiary/aromatic N) is 1. The number of aryl methyl sites for hydroxylation is 1. The molecule has 1 heterocycles. The van der Waals surface area contributed by atoms with Gasteiger partial charge in [0.25, 0.3) is 0 Å². The molecule has 0 amide bonds. The lowest BCUT2D eigenvalue weighted by molar-refractivity contribution is 0.658. The van der Waals surface area contributed by atoms with Crippen LogP contribution in [0.5, 0.6) is 0 Å². The highest BCUT2D eigenvalue weighted by Gasteiger charge is 2.04. The monoisotopic (exact) mass is 191 g/mol. The highest BCUT2D eigenvalue weighted by molar-refractivity contribution is 7.17. The largest absolute Gasteiger partial charge is 0.195 e. The maximum atomic E-state index is 12.8. The van der Waals surface area contributed by atoms with Gasteiger partial charge in [-0.25, -0.2) is 0 Å². The van der Waals surface area contributed by atoms with E-state index in [9.17, 15) is 4.39 Å². The minimum absolute atomic E-state index is 0.204. The van der Waals surface area contributed by atoms with Gasteiger partial charge >= 0.3 is 0 Å². The fraction of sp³-hybridized carbons (Fsp3) is 0.100. The standard InChI is InChI=1S/C10H6FNS/c1-6-2-7-4-10(11)13-9(7)3-8(6)5-12/h2-4H,1H3. The van der Waals surface area contributed by atoms with Gasteiger partial charge in [-0.05, 0) is 36.1 Å². The number of nitriles is 1. The molecule has 0 radical (unpaired) electrons. The first-order valence-corrected chi connectivity index (χ1v) is 4.62. The second-order valence-corrected chi connectivity index (χ2v) is 3.90. The summed E-state index contributed by atoms with van der Waals surface area (Å²) in [7, 11) is 0. The zero-order valence-corrected chi connectivity index (χ0v) is 7.78. The molecule has 0 aliphatic rings. The second-order valence-electron chi connectivity index (χ2n) is 2.87. The Bertz CT molecular complexity index is 507. The number of thiophene rings is 1. The average molecular weight is 191 g/mol. The van der Waals surface area contributed by atoms with Crippen molar-refractivity contribution in [2.24, 2.45) is 0 Å². The van der Waals surface area contributed by atoms with Crippen LogP contribution in [-0.2, 0) is 0 Å². The van der Waals surface area contributed by atoms with Crippen LogP contribution in [-0.4, -0.2) is 0 Å². The molecule has 0 spiro atoms. The lowest BCUT2D eigenvalue weighted by Gasteiger charge is -1.95. The first-order valence-electron chi connectivity index (χ1n) is 3.80. The first-order chi connectivity index (χ1) is 6.20. The Morgan fingerprint density at radius 2 is 2.15 bits per heavy atom. The van der Waals surface area contributed by atoms with E-state index in [-0.39, 0.29) is 5.13 Å². The van der Waals surface area contributed by atoms with Crippen molar-refractivity contribution in [3.8, 4) is 6.07 Å². The van der Waals surface area contributed by atoms with E-state index in [0.717, 1.165) is 27.0 Å². The molecule has 1 aromatic carbocycles. The van der Waals surface area contributed by atoms with Crippen molar-refractivity contribution in [3.63, 3.8) is 0 Å². The Morgan fingerprint density at radius 1 is 1.38 bits per heavy atom. The summed E-state index contributed by atoms with van der Waals surface area (Å²) >= 11 is 1.07. The molecular weight excluding hydrogens is 185 g/mol. The fourth-order valence-electron chi connectivity index (χ4n) is 1.29. The average Bonchev–Trinajstić information content (AvgIpc) is 2.42. The minimum atomic E-state index is -0.204. The quantitative estimate of drug-likeness (QED) is 0.627. The highest BCUT2D eigenvalue weighted by Crippen LogP contribution is 2.26. The molecule has 0 aliphatic heterocycles. The van der Waals surface area contributed by atoms with E-state index in [0.29, 0.717) is 5.56 Å². The Morgan fingerprint density at radius 3 is 2.85 bits per heavy atom. The number of halogens is 1. The molecule has 0 aliphatic carbocycles. The van der Waals surface area contributed by atoms with Gasteiger partial charge in [0.2, 0.25) is 0 Å². The van der Waals surface area contributed by atoms with Gasteiger partial charge < -0.3 is 0 Å². The van der Waals surface area contributed by atoms with Crippen molar-refractivity contribution in [2.75, 3.05) is 0 Å². The van der Waals surface area contributed by atoms with Crippen LogP contribution in [0.25, 0.3) is 10.1 Å². The molecule has 2 rings (SSSR count). The van der Waals surface area contributed by atoms with Crippen LogP contribution in [0.4, 0.5) is 4.39 Å². The van der Waals surface area contributed by atoms with Crippen LogP contribution < -0.4 is 0 Å². The zero-order valence-electron chi connectivity index (χ0n) is 6.97. The lowest BCUT2D eigenvalue weighted by Crippen LogP contribution is -1.79. The molecule has 1 nitrogen and oxygen atoms in total. The number of rotatable bonds is 0. The predicted molar refractivity (Wildman–Crippen MR) is 51.2 cm³/mol. The van der Waals surface area contributed by atoms with Crippen molar-refractivity contribution < 1.29 is 4.39 Å². The molecule has 3 heteroatoms. The number of benzene rings is 1. The van der Waals surface area contributed by atoms with Crippen molar-refractivity contribution >= 4 is 21.4 Å². The van der Waals surface area contributed by atoms with E-state index in [2.05, 4.69) is 6.07 Å². The van der Waals surface area contributed by atoms with E-state index in [1.54, 1.807) is 6.07 Å². The second kappa shape index (κ2) is 2.82. The summed E-state index contributed by atoms with van der Waals surface area (Å²) in [5, 5.41) is 9.42. The van der Waals surface area contributed by atoms with Crippen molar-refractivity contribution in [3.05, 3.63) is 34.5 Å². The molecule has 1 aromatic heterocycles. The molecule has 0 N–H and O–H groups in total. The molecule has 0 bridgehead atoms. The third kappa shape index (κ3) is 1.30. The molecular formula is C10H6FNS. The molecule has 0 unspecified atom stereocenters. The minimum Gasteiger partial charge on any atom is -0.195 e. The van der Waals surface area contributed by atoms with Gasteiger partial charge in [0.15, 0.2) is 5.13 Å². The van der Waals surface area contributed by atoms with Gasteiger partial charge in [0.1, 0.15) is 0 Å². The molecule has 64 valence electrons. The smallest absolute Gasteiger partial charge is 0.177 e. The molecule has 2 aromatic rings. The summed E-state index contributed by atoms with van der Waals surface area (Å²) in [5.41, 5.74) is 1.52. The van der Waals surface area contributed by atoms with Crippen LogP contribution in [0.15, 0.2) is 18.2 Å². The molecule has 0 saturated heterocycles. The summed E-state index contributed by atoms with van der Waals surface area (Å²) in [6.07, 6.45) is 0. The third-order valence-electron chi connectivity index (χ3n) is 1.95. The van der Waals surface area contributed by atoms with Crippen LogP contribution in [0.3, 0.4) is 0 Å².